The molecule has 3 atom stereocenters. The topological polar surface area (TPSA) is 68.2 Å². The van der Waals surface area contributed by atoms with Crippen molar-refractivity contribution in [1.29, 1.82) is 0 Å². The van der Waals surface area contributed by atoms with Crippen LogP contribution in [0.15, 0.2) is 36.5 Å². The fraction of sp³-hybridized carbons (Fsp3) is 0.474. The average molecular weight is 394 g/mol. The van der Waals surface area contributed by atoms with E-state index in [1.807, 2.05) is 6.07 Å². The highest BCUT2D eigenvalue weighted by atomic mass is 19.4. The number of amides is 1. The number of hydrogen-bond acceptors (Lipinski definition) is 4. The summed E-state index contributed by atoms with van der Waals surface area (Å²) in [6.45, 7) is 0.992. The second-order valence-corrected chi connectivity index (χ2v) is 7.10. The second kappa shape index (κ2) is 7.46. The Morgan fingerprint density at radius 3 is 2.79 bits per heavy atom. The predicted octanol–water partition coefficient (Wildman–Crippen LogP) is 3.45. The molecule has 2 aliphatic heterocycles. The fourth-order valence-electron chi connectivity index (χ4n) is 3.74. The lowest BCUT2D eigenvalue weighted by molar-refractivity contribution is -0.173. The highest BCUT2D eigenvalue weighted by molar-refractivity contribution is 5.98. The van der Waals surface area contributed by atoms with E-state index in [-0.39, 0.29) is 23.9 Å². The lowest BCUT2D eigenvalue weighted by atomic mass is 9.96. The summed E-state index contributed by atoms with van der Waals surface area (Å²) in [7, 11) is 0. The Hall–Kier alpha value is -2.55. The van der Waals surface area contributed by atoms with Gasteiger partial charge in [0.25, 0.3) is 5.91 Å². The Labute approximate surface area is 160 Å². The first-order chi connectivity index (χ1) is 13.4. The molecule has 9 heteroatoms. The summed E-state index contributed by atoms with van der Waals surface area (Å²) in [5, 5.41) is 9.70. The third-order valence-corrected chi connectivity index (χ3v) is 5.20. The molecule has 1 aromatic carbocycles. The van der Waals surface area contributed by atoms with Crippen LogP contribution in [0.4, 0.5) is 19.0 Å². The quantitative estimate of drug-likeness (QED) is 0.834. The smallest absolute Gasteiger partial charge is 0.376 e. The number of rotatable bonds is 4. The molecule has 0 unspecified atom stereocenters. The number of halogens is 3. The van der Waals surface area contributed by atoms with Crippen LogP contribution in [0, 0.1) is 0 Å². The summed E-state index contributed by atoms with van der Waals surface area (Å²) >= 11 is 0. The van der Waals surface area contributed by atoms with Gasteiger partial charge in [0, 0.05) is 19.6 Å². The van der Waals surface area contributed by atoms with Crippen molar-refractivity contribution in [1.82, 2.24) is 15.1 Å². The lowest BCUT2D eigenvalue weighted by Crippen LogP contribution is -2.37. The summed E-state index contributed by atoms with van der Waals surface area (Å²) in [6, 6.07) is 6.54. The van der Waals surface area contributed by atoms with Crippen molar-refractivity contribution in [2.45, 2.75) is 43.6 Å². The van der Waals surface area contributed by atoms with Gasteiger partial charge < -0.3 is 15.4 Å². The average Bonchev–Trinajstić information content (AvgIpc) is 3.35. The van der Waals surface area contributed by atoms with Crippen LogP contribution in [-0.4, -0.2) is 41.1 Å². The van der Waals surface area contributed by atoms with Gasteiger partial charge in [-0.15, -0.1) is 0 Å². The van der Waals surface area contributed by atoms with Crippen molar-refractivity contribution in [3.8, 4) is 0 Å². The number of ether oxygens (including phenoxy) is 1. The number of anilines is 1. The van der Waals surface area contributed by atoms with Gasteiger partial charge in [-0.2, -0.15) is 18.3 Å². The van der Waals surface area contributed by atoms with Crippen molar-refractivity contribution in [2.75, 3.05) is 18.5 Å². The fourth-order valence-corrected chi connectivity index (χ4v) is 3.74. The molecule has 150 valence electrons. The normalized spacial score (nSPS) is 24.5. The molecule has 2 aliphatic rings. The number of nitrogens with zero attached hydrogens (tertiary/aromatic N) is 2. The van der Waals surface area contributed by atoms with Gasteiger partial charge in [-0.25, -0.2) is 4.68 Å². The van der Waals surface area contributed by atoms with Gasteiger partial charge in [-0.1, -0.05) is 30.3 Å². The Bertz CT molecular complexity index is 831. The first kappa shape index (κ1) is 18.8. The Morgan fingerprint density at radius 1 is 1.32 bits per heavy atom. The molecule has 1 fully saturated rings. The zero-order valence-electron chi connectivity index (χ0n) is 15.1. The van der Waals surface area contributed by atoms with Crippen LogP contribution >= 0.6 is 0 Å². The number of alkyl halides is 3. The summed E-state index contributed by atoms with van der Waals surface area (Å²) in [5.74, 6) is -0.369. The van der Waals surface area contributed by atoms with E-state index in [2.05, 4.69) is 15.7 Å². The van der Waals surface area contributed by atoms with Crippen molar-refractivity contribution >= 4 is 11.7 Å². The predicted molar refractivity (Wildman–Crippen MR) is 96.0 cm³/mol. The first-order valence-corrected chi connectivity index (χ1v) is 9.29. The van der Waals surface area contributed by atoms with Crippen molar-refractivity contribution < 1.29 is 22.7 Å². The zero-order valence-corrected chi connectivity index (χ0v) is 15.1. The van der Waals surface area contributed by atoms with Gasteiger partial charge in [0.2, 0.25) is 0 Å². The van der Waals surface area contributed by atoms with E-state index in [0.29, 0.717) is 13.2 Å². The first-order valence-electron chi connectivity index (χ1n) is 9.29. The van der Waals surface area contributed by atoms with Crippen LogP contribution in [0.3, 0.4) is 0 Å². The molecule has 2 aromatic rings. The number of carbonyl (C=O) groups excluding carboxylic acids is 1. The zero-order chi connectivity index (χ0) is 19.7. The molecule has 4 rings (SSSR count). The van der Waals surface area contributed by atoms with Crippen LogP contribution in [0.5, 0.6) is 0 Å². The standard InChI is InChI=1S/C19H21F3N4O2/c20-19(21,22)16-9-15(12-5-2-1-3-6-12)25-17-14(11-24-26(16)17)18(27)23-10-13-7-4-8-28-13/h1-3,5-6,11,13,15-16,25H,4,7-10H2,(H,23,27)/t13-,15-,16+/m0/s1. The van der Waals surface area contributed by atoms with E-state index in [0.717, 1.165) is 23.1 Å². The van der Waals surface area contributed by atoms with E-state index >= 15 is 0 Å². The molecule has 0 radical (unpaired) electrons. The minimum atomic E-state index is -4.47. The summed E-state index contributed by atoms with van der Waals surface area (Å²) < 4.78 is 47.3. The maximum atomic E-state index is 13.7. The number of carbonyl (C=O) groups is 1. The highest BCUT2D eigenvalue weighted by Gasteiger charge is 2.47. The van der Waals surface area contributed by atoms with Gasteiger partial charge in [-0.3, -0.25) is 4.79 Å². The number of aromatic nitrogens is 2. The molecular formula is C19H21F3N4O2. The van der Waals surface area contributed by atoms with E-state index in [1.54, 1.807) is 24.3 Å². The number of benzene rings is 1. The Balaban J connectivity index is 1.60. The van der Waals surface area contributed by atoms with Gasteiger partial charge in [-0.05, 0) is 18.4 Å². The number of hydrogen-bond donors (Lipinski definition) is 2. The molecular weight excluding hydrogens is 373 g/mol. The molecule has 1 amide bonds. The molecule has 6 nitrogen and oxygen atoms in total. The minimum absolute atomic E-state index is 0.0525. The largest absolute Gasteiger partial charge is 0.410 e. The van der Waals surface area contributed by atoms with Crippen molar-refractivity contribution in [3.63, 3.8) is 0 Å². The third-order valence-electron chi connectivity index (χ3n) is 5.20. The van der Waals surface area contributed by atoms with E-state index in [4.69, 9.17) is 4.74 Å². The van der Waals surface area contributed by atoms with Crippen LogP contribution in [0.2, 0.25) is 0 Å². The lowest BCUT2D eigenvalue weighted by Gasteiger charge is -2.34. The van der Waals surface area contributed by atoms with Gasteiger partial charge >= 0.3 is 6.18 Å². The van der Waals surface area contributed by atoms with Gasteiger partial charge in [0.05, 0.1) is 18.3 Å². The monoisotopic (exact) mass is 394 g/mol. The van der Waals surface area contributed by atoms with Crippen molar-refractivity contribution in [2.24, 2.45) is 0 Å². The van der Waals surface area contributed by atoms with E-state index < -0.39 is 24.2 Å². The van der Waals surface area contributed by atoms with Crippen LogP contribution < -0.4 is 10.6 Å². The molecule has 3 heterocycles. The van der Waals surface area contributed by atoms with E-state index in [1.165, 1.54) is 6.20 Å². The minimum Gasteiger partial charge on any atom is -0.376 e. The maximum absolute atomic E-state index is 13.7. The van der Waals surface area contributed by atoms with Gasteiger partial charge in [0.1, 0.15) is 11.4 Å². The maximum Gasteiger partial charge on any atom is 0.410 e. The second-order valence-electron chi connectivity index (χ2n) is 7.10. The highest BCUT2D eigenvalue weighted by Crippen LogP contribution is 2.44. The molecule has 1 saturated heterocycles. The van der Waals surface area contributed by atoms with E-state index in [9.17, 15) is 18.0 Å². The SMILES string of the molecule is O=C(NC[C@@H]1CCCO1)c1cnn2c1N[C@H](c1ccccc1)C[C@@H]2C(F)(F)F. The van der Waals surface area contributed by atoms with Crippen LogP contribution in [0.25, 0.3) is 0 Å². The number of nitrogens with one attached hydrogen (secondary N) is 2. The van der Waals surface area contributed by atoms with Crippen LogP contribution in [-0.2, 0) is 4.74 Å². The Morgan fingerprint density at radius 2 is 2.11 bits per heavy atom. The Kier molecular flexibility index (Phi) is 5.01. The molecule has 0 spiro atoms. The van der Waals surface area contributed by atoms with Crippen LogP contribution in [0.1, 0.15) is 47.3 Å². The summed E-state index contributed by atoms with van der Waals surface area (Å²) in [6.07, 6.45) is -1.73. The molecule has 0 saturated carbocycles. The molecule has 1 aromatic heterocycles. The molecule has 0 aliphatic carbocycles. The molecule has 28 heavy (non-hydrogen) atoms. The summed E-state index contributed by atoms with van der Waals surface area (Å²) in [5.41, 5.74) is 0.836. The van der Waals surface area contributed by atoms with Gasteiger partial charge in [0.15, 0.2) is 6.04 Å². The number of fused-ring (bicyclic) bond motifs is 1. The third kappa shape index (κ3) is 3.71. The molecule has 0 bridgehead atoms. The van der Waals surface area contributed by atoms with Crippen molar-refractivity contribution in [3.05, 3.63) is 47.7 Å². The summed E-state index contributed by atoms with van der Waals surface area (Å²) in [4.78, 5) is 12.6. The molecule has 2 N–H and O–H groups in total.